The van der Waals surface area contributed by atoms with Crippen LogP contribution in [0.25, 0.3) is 11.3 Å². The van der Waals surface area contributed by atoms with E-state index < -0.39 is 5.41 Å². The van der Waals surface area contributed by atoms with Crippen LogP contribution in [0.2, 0.25) is 0 Å². The van der Waals surface area contributed by atoms with Gasteiger partial charge >= 0.3 is 0 Å². The van der Waals surface area contributed by atoms with E-state index in [-0.39, 0.29) is 11.7 Å². The highest BCUT2D eigenvalue weighted by atomic mass is 19.1. The van der Waals surface area contributed by atoms with Crippen molar-refractivity contribution in [2.45, 2.75) is 25.2 Å². The van der Waals surface area contributed by atoms with Gasteiger partial charge in [-0.2, -0.15) is 0 Å². The van der Waals surface area contributed by atoms with Crippen molar-refractivity contribution in [2.75, 3.05) is 5.32 Å². The number of benzene rings is 1. The van der Waals surface area contributed by atoms with Crippen molar-refractivity contribution in [3.05, 3.63) is 65.7 Å². The zero-order valence-electron chi connectivity index (χ0n) is 13.6. The SMILES string of the molecule is Cc1cccc(NC(=O)C2(c3cc(-c4ccccc4F)on3)CC2)n1. The van der Waals surface area contributed by atoms with Crippen LogP contribution in [0.5, 0.6) is 0 Å². The van der Waals surface area contributed by atoms with Gasteiger partial charge in [-0.15, -0.1) is 0 Å². The van der Waals surface area contributed by atoms with Gasteiger partial charge in [0.25, 0.3) is 0 Å². The lowest BCUT2D eigenvalue weighted by molar-refractivity contribution is -0.118. The van der Waals surface area contributed by atoms with Crippen molar-refractivity contribution in [1.82, 2.24) is 10.1 Å². The lowest BCUT2D eigenvalue weighted by atomic mass is 10.0. The normalized spacial score (nSPS) is 15.0. The smallest absolute Gasteiger partial charge is 0.237 e. The van der Waals surface area contributed by atoms with Crippen LogP contribution in [0, 0.1) is 12.7 Å². The van der Waals surface area contributed by atoms with Crippen LogP contribution in [-0.2, 0) is 10.2 Å². The highest BCUT2D eigenvalue weighted by molar-refractivity contribution is 6.00. The minimum absolute atomic E-state index is 0.168. The van der Waals surface area contributed by atoms with Gasteiger partial charge in [0.05, 0.1) is 16.7 Å². The predicted octanol–water partition coefficient (Wildman–Crippen LogP) is 3.85. The predicted molar refractivity (Wildman–Crippen MR) is 90.4 cm³/mol. The molecule has 0 radical (unpaired) electrons. The minimum Gasteiger partial charge on any atom is -0.356 e. The first-order valence-corrected chi connectivity index (χ1v) is 8.06. The number of carbonyl (C=O) groups excluding carboxylic acids is 1. The number of pyridine rings is 1. The maximum Gasteiger partial charge on any atom is 0.237 e. The summed E-state index contributed by atoms with van der Waals surface area (Å²) < 4.78 is 19.2. The van der Waals surface area contributed by atoms with E-state index >= 15 is 0 Å². The van der Waals surface area contributed by atoms with Crippen LogP contribution in [0.1, 0.15) is 24.2 Å². The first-order valence-electron chi connectivity index (χ1n) is 8.06. The number of anilines is 1. The van der Waals surface area contributed by atoms with Gasteiger partial charge < -0.3 is 9.84 Å². The Labute approximate surface area is 143 Å². The molecular formula is C19H16FN3O2. The molecule has 126 valence electrons. The number of rotatable bonds is 4. The lowest BCUT2D eigenvalue weighted by Crippen LogP contribution is -2.28. The average Bonchev–Trinajstić information content (AvgIpc) is 3.27. The molecule has 25 heavy (non-hydrogen) atoms. The molecule has 6 heteroatoms. The summed E-state index contributed by atoms with van der Waals surface area (Å²) in [5.41, 5.74) is 0.956. The zero-order valence-corrected chi connectivity index (χ0v) is 13.6. The maximum atomic E-state index is 13.9. The van der Waals surface area contributed by atoms with E-state index in [2.05, 4.69) is 15.5 Å². The van der Waals surface area contributed by atoms with Crippen LogP contribution >= 0.6 is 0 Å². The second-order valence-electron chi connectivity index (χ2n) is 6.26. The van der Waals surface area contributed by atoms with E-state index in [0.29, 0.717) is 35.7 Å². The fourth-order valence-electron chi connectivity index (χ4n) is 2.86. The van der Waals surface area contributed by atoms with Gasteiger partial charge in [-0.1, -0.05) is 23.4 Å². The van der Waals surface area contributed by atoms with Crippen LogP contribution in [-0.4, -0.2) is 16.0 Å². The second kappa shape index (κ2) is 5.81. The summed E-state index contributed by atoms with van der Waals surface area (Å²) in [6.07, 6.45) is 1.35. The molecule has 2 aromatic heterocycles. The first kappa shape index (κ1) is 15.5. The molecule has 1 saturated carbocycles. The molecule has 0 bridgehead atoms. The van der Waals surface area contributed by atoms with Gasteiger partial charge in [-0.25, -0.2) is 9.37 Å². The van der Waals surface area contributed by atoms with E-state index in [1.54, 1.807) is 30.3 Å². The monoisotopic (exact) mass is 337 g/mol. The summed E-state index contributed by atoms with van der Waals surface area (Å²) in [4.78, 5) is 17.0. The Bertz CT molecular complexity index is 947. The summed E-state index contributed by atoms with van der Waals surface area (Å²) in [6, 6.07) is 13.4. The molecule has 1 aliphatic rings. The topological polar surface area (TPSA) is 68.0 Å². The molecule has 1 aromatic carbocycles. The Morgan fingerprint density at radius 2 is 2.00 bits per heavy atom. The van der Waals surface area contributed by atoms with Crippen LogP contribution in [0.3, 0.4) is 0 Å². The minimum atomic E-state index is -0.724. The van der Waals surface area contributed by atoms with Gasteiger partial charge in [0.2, 0.25) is 5.91 Å². The van der Waals surface area contributed by atoms with E-state index in [1.165, 1.54) is 6.07 Å². The van der Waals surface area contributed by atoms with Gasteiger partial charge in [0.1, 0.15) is 11.6 Å². The fourth-order valence-corrected chi connectivity index (χ4v) is 2.86. The van der Waals surface area contributed by atoms with E-state index in [0.717, 1.165) is 5.69 Å². The second-order valence-corrected chi connectivity index (χ2v) is 6.26. The fraction of sp³-hybridized carbons (Fsp3) is 0.211. The number of hydrogen-bond acceptors (Lipinski definition) is 4. The molecule has 1 fully saturated rings. The number of aryl methyl sites for hydroxylation is 1. The van der Waals surface area contributed by atoms with Crippen molar-refractivity contribution in [3.8, 4) is 11.3 Å². The molecule has 0 atom stereocenters. The highest BCUT2D eigenvalue weighted by Gasteiger charge is 2.54. The molecule has 0 aliphatic heterocycles. The van der Waals surface area contributed by atoms with Gasteiger partial charge in [-0.3, -0.25) is 4.79 Å². The van der Waals surface area contributed by atoms with Crippen molar-refractivity contribution in [2.24, 2.45) is 0 Å². The van der Waals surface area contributed by atoms with Gasteiger partial charge in [0, 0.05) is 11.8 Å². The average molecular weight is 337 g/mol. The van der Waals surface area contributed by atoms with Crippen molar-refractivity contribution < 1.29 is 13.7 Å². The molecule has 1 amide bonds. The maximum absolute atomic E-state index is 13.9. The zero-order chi connectivity index (χ0) is 17.4. The van der Waals surface area contributed by atoms with Crippen LogP contribution in [0.15, 0.2) is 53.1 Å². The Kier molecular flexibility index (Phi) is 3.60. The summed E-state index contributed by atoms with van der Waals surface area (Å²) in [7, 11) is 0. The molecule has 5 nitrogen and oxygen atoms in total. The van der Waals surface area contributed by atoms with E-state index in [9.17, 15) is 9.18 Å². The Morgan fingerprint density at radius 3 is 2.72 bits per heavy atom. The third kappa shape index (κ3) is 2.80. The van der Waals surface area contributed by atoms with Gasteiger partial charge in [-0.05, 0) is 44.0 Å². The summed E-state index contributed by atoms with van der Waals surface area (Å²) in [6.45, 7) is 1.86. The molecule has 0 spiro atoms. The van der Waals surface area contributed by atoms with Crippen molar-refractivity contribution >= 4 is 11.7 Å². The highest BCUT2D eigenvalue weighted by Crippen LogP contribution is 2.49. The molecule has 1 aliphatic carbocycles. The van der Waals surface area contributed by atoms with E-state index in [4.69, 9.17) is 4.52 Å². The van der Waals surface area contributed by atoms with Gasteiger partial charge in [0.15, 0.2) is 5.76 Å². The first-order chi connectivity index (χ1) is 12.1. The van der Waals surface area contributed by atoms with Crippen LogP contribution < -0.4 is 5.32 Å². The molecule has 4 rings (SSSR count). The Hall–Kier alpha value is -3.02. The molecule has 0 saturated heterocycles. The third-order valence-corrected chi connectivity index (χ3v) is 4.45. The molecule has 2 heterocycles. The lowest BCUT2D eigenvalue weighted by Gasteiger charge is -2.12. The molecule has 0 unspecified atom stereocenters. The summed E-state index contributed by atoms with van der Waals surface area (Å²) >= 11 is 0. The number of halogens is 1. The quantitative estimate of drug-likeness (QED) is 0.785. The summed E-state index contributed by atoms with van der Waals surface area (Å²) in [5.74, 6) is 0.275. The molecule has 1 N–H and O–H groups in total. The van der Waals surface area contributed by atoms with Crippen LogP contribution in [0.4, 0.5) is 10.2 Å². The van der Waals surface area contributed by atoms with Crippen molar-refractivity contribution in [1.29, 1.82) is 0 Å². The number of carbonyl (C=O) groups is 1. The summed E-state index contributed by atoms with van der Waals surface area (Å²) in [5, 5.41) is 6.86. The Morgan fingerprint density at radius 1 is 1.20 bits per heavy atom. The molecular weight excluding hydrogens is 321 g/mol. The third-order valence-electron chi connectivity index (χ3n) is 4.45. The largest absolute Gasteiger partial charge is 0.356 e. The van der Waals surface area contributed by atoms with Crippen molar-refractivity contribution in [3.63, 3.8) is 0 Å². The number of nitrogens with zero attached hydrogens (tertiary/aromatic N) is 2. The van der Waals surface area contributed by atoms with E-state index in [1.807, 2.05) is 19.1 Å². The standard InChI is InChI=1S/C19H16FN3O2/c1-12-5-4-8-17(21-12)22-18(24)19(9-10-19)16-11-15(25-23-16)13-6-2-3-7-14(13)20/h2-8,11H,9-10H2,1H3,(H,21,22,24). The number of hydrogen-bond donors (Lipinski definition) is 1. The number of nitrogens with one attached hydrogen (secondary N) is 1. The Balaban J connectivity index is 1.59. The number of aromatic nitrogens is 2. The molecule has 3 aromatic rings. The number of amides is 1.